The predicted molar refractivity (Wildman–Crippen MR) is 106 cm³/mol. The average Bonchev–Trinajstić information content (AvgIpc) is 2.62. The molecule has 0 saturated heterocycles. The topological polar surface area (TPSA) is 70.6 Å². The van der Waals surface area contributed by atoms with Gasteiger partial charge in [0.15, 0.2) is 0 Å². The number of hydrazone groups is 1. The summed E-state index contributed by atoms with van der Waals surface area (Å²) >= 11 is 11.9. The molecular formula is C19H19Cl2N3O2. The summed E-state index contributed by atoms with van der Waals surface area (Å²) in [7, 11) is 0. The van der Waals surface area contributed by atoms with Crippen molar-refractivity contribution in [1.82, 2.24) is 5.43 Å². The highest BCUT2D eigenvalue weighted by molar-refractivity contribution is 6.31. The van der Waals surface area contributed by atoms with E-state index in [-0.39, 0.29) is 24.7 Å². The molecule has 0 spiro atoms. The van der Waals surface area contributed by atoms with Crippen molar-refractivity contribution in [2.24, 2.45) is 5.10 Å². The van der Waals surface area contributed by atoms with Crippen molar-refractivity contribution >= 4 is 46.4 Å². The molecule has 0 radical (unpaired) electrons. The van der Waals surface area contributed by atoms with E-state index in [9.17, 15) is 9.59 Å². The number of halogens is 2. The number of carbonyl (C=O) groups is 2. The summed E-state index contributed by atoms with van der Waals surface area (Å²) in [5.74, 6) is -0.597. The molecule has 0 saturated carbocycles. The molecule has 7 heteroatoms. The molecule has 2 rings (SSSR count). The molecule has 0 atom stereocenters. The maximum atomic E-state index is 12.0. The third-order valence-corrected chi connectivity index (χ3v) is 4.39. The van der Waals surface area contributed by atoms with Crippen LogP contribution in [0.2, 0.25) is 10.0 Å². The summed E-state index contributed by atoms with van der Waals surface area (Å²) in [6, 6.07) is 12.4. The van der Waals surface area contributed by atoms with Gasteiger partial charge in [-0.3, -0.25) is 9.59 Å². The smallest absolute Gasteiger partial charge is 0.240 e. The van der Waals surface area contributed by atoms with E-state index in [0.717, 1.165) is 11.1 Å². The molecule has 0 aliphatic carbocycles. The van der Waals surface area contributed by atoms with E-state index in [2.05, 4.69) is 15.8 Å². The third-order valence-electron chi connectivity index (χ3n) is 3.73. The highest BCUT2D eigenvalue weighted by Crippen LogP contribution is 2.23. The summed E-state index contributed by atoms with van der Waals surface area (Å²) < 4.78 is 0. The lowest BCUT2D eigenvalue weighted by atomic mass is 10.1. The molecule has 2 N–H and O–H groups in total. The number of rotatable bonds is 6. The Morgan fingerprint density at radius 2 is 1.65 bits per heavy atom. The van der Waals surface area contributed by atoms with E-state index in [4.69, 9.17) is 23.2 Å². The van der Waals surface area contributed by atoms with Gasteiger partial charge in [0.1, 0.15) is 0 Å². The first kappa shape index (κ1) is 19.9. The van der Waals surface area contributed by atoms with Crippen LogP contribution in [-0.4, -0.2) is 17.5 Å². The van der Waals surface area contributed by atoms with Crippen molar-refractivity contribution < 1.29 is 9.59 Å². The number of benzene rings is 2. The van der Waals surface area contributed by atoms with Crippen LogP contribution >= 0.6 is 23.2 Å². The Labute approximate surface area is 162 Å². The zero-order valence-corrected chi connectivity index (χ0v) is 16.0. The quantitative estimate of drug-likeness (QED) is 0.559. The van der Waals surface area contributed by atoms with Crippen LogP contribution in [-0.2, 0) is 9.59 Å². The molecule has 5 nitrogen and oxygen atoms in total. The van der Waals surface area contributed by atoms with Gasteiger partial charge in [-0.1, -0.05) is 41.4 Å². The lowest BCUT2D eigenvalue weighted by molar-refractivity contribution is -0.124. The Kier molecular flexibility index (Phi) is 7.18. The van der Waals surface area contributed by atoms with Crippen molar-refractivity contribution in [1.29, 1.82) is 0 Å². The Balaban J connectivity index is 1.82. The predicted octanol–water partition coefficient (Wildman–Crippen LogP) is 4.56. The van der Waals surface area contributed by atoms with Gasteiger partial charge in [-0.05, 0) is 49.2 Å². The number of nitrogens with zero attached hydrogens (tertiary/aromatic N) is 1. The first-order valence-electron chi connectivity index (χ1n) is 8.01. The SMILES string of the molecule is C/C(=N/NC(=O)CCC(=O)Nc1cccc(Cl)c1C)c1ccc(Cl)cc1. The highest BCUT2D eigenvalue weighted by atomic mass is 35.5. The number of carbonyl (C=O) groups excluding carboxylic acids is 2. The molecule has 2 amide bonds. The van der Waals surface area contributed by atoms with Crippen molar-refractivity contribution in [2.75, 3.05) is 5.32 Å². The van der Waals surface area contributed by atoms with Crippen LogP contribution in [0, 0.1) is 6.92 Å². The van der Waals surface area contributed by atoms with E-state index in [1.807, 2.05) is 19.1 Å². The van der Waals surface area contributed by atoms with Gasteiger partial charge in [0.05, 0.1) is 5.71 Å². The lowest BCUT2D eigenvalue weighted by Crippen LogP contribution is -2.22. The Morgan fingerprint density at radius 1 is 1.00 bits per heavy atom. The highest BCUT2D eigenvalue weighted by Gasteiger charge is 2.09. The second-order valence-electron chi connectivity index (χ2n) is 5.70. The van der Waals surface area contributed by atoms with E-state index in [1.54, 1.807) is 37.3 Å². The minimum absolute atomic E-state index is 0.0306. The summed E-state index contributed by atoms with van der Waals surface area (Å²) in [6.07, 6.45) is 0.0795. The molecule has 0 unspecified atom stereocenters. The molecule has 0 aliphatic rings. The summed E-state index contributed by atoms with van der Waals surface area (Å²) in [4.78, 5) is 23.9. The van der Waals surface area contributed by atoms with Crippen molar-refractivity contribution in [3.05, 3.63) is 63.6 Å². The largest absolute Gasteiger partial charge is 0.326 e. The van der Waals surface area contributed by atoms with Gasteiger partial charge < -0.3 is 5.32 Å². The van der Waals surface area contributed by atoms with Gasteiger partial charge in [0.2, 0.25) is 11.8 Å². The molecule has 26 heavy (non-hydrogen) atoms. The number of nitrogens with one attached hydrogen (secondary N) is 2. The summed E-state index contributed by atoms with van der Waals surface area (Å²) in [5.41, 5.74) is 5.37. The molecule has 2 aromatic rings. The number of hydrogen-bond donors (Lipinski definition) is 2. The minimum atomic E-state index is -0.337. The fraction of sp³-hybridized carbons (Fsp3) is 0.211. The Bertz CT molecular complexity index is 833. The zero-order chi connectivity index (χ0) is 19.1. The van der Waals surface area contributed by atoms with Crippen molar-refractivity contribution in [2.45, 2.75) is 26.7 Å². The first-order valence-corrected chi connectivity index (χ1v) is 8.76. The third kappa shape index (κ3) is 5.86. The van der Waals surface area contributed by atoms with E-state index < -0.39 is 0 Å². The van der Waals surface area contributed by atoms with Crippen molar-refractivity contribution in [3.63, 3.8) is 0 Å². The normalized spacial score (nSPS) is 11.2. The zero-order valence-electron chi connectivity index (χ0n) is 14.5. The number of anilines is 1. The van der Waals surface area contributed by atoms with Gasteiger partial charge in [-0.25, -0.2) is 5.43 Å². The van der Waals surface area contributed by atoms with Crippen LogP contribution in [0.4, 0.5) is 5.69 Å². The molecule has 136 valence electrons. The summed E-state index contributed by atoms with van der Waals surface area (Å²) in [6.45, 7) is 3.59. The fourth-order valence-electron chi connectivity index (χ4n) is 2.14. The number of hydrogen-bond acceptors (Lipinski definition) is 3. The monoisotopic (exact) mass is 391 g/mol. The lowest BCUT2D eigenvalue weighted by Gasteiger charge is -2.09. The molecule has 0 aliphatic heterocycles. The van der Waals surface area contributed by atoms with Crippen LogP contribution in [0.3, 0.4) is 0 Å². The fourth-order valence-corrected chi connectivity index (χ4v) is 2.44. The molecule has 2 aromatic carbocycles. The number of amides is 2. The van der Waals surface area contributed by atoms with Gasteiger partial charge in [-0.2, -0.15) is 5.10 Å². The standard InChI is InChI=1S/C19H19Cl2N3O2/c1-12-16(21)4-3-5-17(12)22-18(25)10-11-19(26)24-23-13(2)14-6-8-15(20)9-7-14/h3-9H,10-11H2,1-2H3,(H,22,25)(H,24,26)/b23-13-. The van der Waals surface area contributed by atoms with Crippen LogP contribution in [0.5, 0.6) is 0 Å². The van der Waals surface area contributed by atoms with Gasteiger partial charge in [0.25, 0.3) is 0 Å². The van der Waals surface area contributed by atoms with Crippen LogP contribution < -0.4 is 10.7 Å². The van der Waals surface area contributed by atoms with E-state index in [1.165, 1.54) is 0 Å². The minimum Gasteiger partial charge on any atom is -0.326 e. The van der Waals surface area contributed by atoms with Gasteiger partial charge in [-0.15, -0.1) is 0 Å². The molecule has 0 heterocycles. The molecule has 0 aromatic heterocycles. The van der Waals surface area contributed by atoms with Crippen LogP contribution in [0.1, 0.15) is 30.9 Å². The van der Waals surface area contributed by atoms with Gasteiger partial charge >= 0.3 is 0 Å². The first-order chi connectivity index (χ1) is 12.4. The van der Waals surface area contributed by atoms with Crippen LogP contribution in [0.15, 0.2) is 47.6 Å². The van der Waals surface area contributed by atoms with E-state index in [0.29, 0.717) is 21.4 Å². The second-order valence-corrected chi connectivity index (χ2v) is 6.54. The Hall–Kier alpha value is -2.37. The summed E-state index contributed by atoms with van der Waals surface area (Å²) in [5, 5.41) is 7.99. The average molecular weight is 392 g/mol. The van der Waals surface area contributed by atoms with Crippen LogP contribution in [0.25, 0.3) is 0 Å². The molecule has 0 bridgehead atoms. The van der Waals surface area contributed by atoms with Crippen molar-refractivity contribution in [3.8, 4) is 0 Å². The Morgan fingerprint density at radius 3 is 2.35 bits per heavy atom. The maximum Gasteiger partial charge on any atom is 0.240 e. The molecule has 0 fully saturated rings. The van der Waals surface area contributed by atoms with Gasteiger partial charge in [0, 0.05) is 28.6 Å². The molecular weight excluding hydrogens is 373 g/mol. The second kappa shape index (κ2) is 9.36. The maximum absolute atomic E-state index is 12.0. The van der Waals surface area contributed by atoms with E-state index >= 15 is 0 Å².